The molecule has 1 heterocycles. The molecule has 0 spiro atoms. The molecule has 106 valence electrons. The highest BCUT2D eigenvalue weighted by atomic mass is 79.9. The van der Waals surface area contributed by atoms with Gasteiger partial charge in [-0.2, -0.15) is 0 Å². The minimum Gasteiger partial charge on any atom is -0.399 e. The minimum absolute atomic E-state index is 0.716. The van der Waals surface area contributed by atoms with E-state index in [0.717, 1.165) is 34.7 Å². The summed E-state index contributed by atoms with van der Waals surface area (Å²) in [6, 6.07) is 5.70. The van der Waals surface area contributed by atoms with Gasteiger partial charge in [-0.05, 0) is 41.0 Å². The number of aromatic nitrogens is 4. The molecule has 0 amide bonds. The van der Waals surface area contributed by atoms with Crippen LogP contribution in [-0.4, -0.2) is 20.2 Å². The smallest absolute Gasteiger partial charge is 0.183 e. The largest absolute Gasteiger partial charge is 0.399 e. The van der Waals surface area contributed by atoms with E-state index in [2.05, 4.69) is 31.5 Å². The molecule has 1 aromatic heterocycles. The van der Waals surface area contributed by atoms with Gasteiger partial charge in [0.1, 0.15) is 0 Å². The summed E-state index contributed by atoms with van der Waals surface area (Å²) in [6.45, 7) is 0.869. The second-order valence-corrected chi connectivity index (χ2v) is 6.26. The molecule has 1 aliphatic carbocycles. The van der Waals surface area contributed by atoms with Gasteiger partial charge in [0.05, 0.1) is 0 Å². The summed E-state index contributed by atoms with van der Waals surface area (Å²) in [5.74, 6) is 1.61. The number of anilines is 1. The van der Waals surface area contributed by atoms with Crippen LogP contribution in [0.15, 0.2) is 22.7 Å². The van der Waals surface area contributed by atoms with E-state index in [1.54, 1.807) is 0 Å². The van der Waals surface area contributed by atoms with Crippen LogP contribution in [0.5, 0.6) is 0 Å². The van der Waals surface area contributed by atoms with Crippen LogP contribution < -0.4 is 5.73 Å². The van der Waals surface area contributed by atoms with E-state index in [9.17, 15) is 0 Å². The van der Waals surface area contributed by atoms with Gasteiger partial charge in [0.15, 0.2) is 5.82 Å². The molecule has 1 aliphatic rings. The number of nitrogens with zero attached hydrogens (tertiary/aromatic N) is 4. The number of nitrogen functional groups attached to an aromatic ring is 1. The molecule has 0 bridgehead atoms. The summed E-state index contributed by atoms with van der Waals surface area (Å²) >= 11 is 3.54. The zero-order chi connectivity index (χ0) is 13.9. The monoisotopic (exact) mass is 335 g/mol. The van der Waals surface area contributed by atoms with Crippen LogP contribution in [0.1, 0.15) is 32.1 Å². The molecule has 5 nitrogen and oxygen atoms in total. The fraction of sp³-hybridized carbons (Fsp3) is 0.500. The van der Waals surface area contributed by atoms with Crippen molar-refractivity contribution in [1.82, 2.24) is 20.2 Å². The van der Waals surface area contributed by atoms with Crippen LogP contribution >= 0.6 is 15.9 Å². The normalized spacial score (nSPS) is 15.8. The first kappa shape index (κ1) is 13.5. The Hall–Kier alpha value is -1.43. The maximum absolute atomic E-state index is 5.86. The van der Waals surface area contributed by atoms with Crippen molar-refractivity contribution in [2.75, 3.05) is 5.73 Å². The quantitative estimate of drug-likeness (QED) is 0.870. The maximum Gasteiger partial charge on any atom is 0.183 e. The fourth-order valence-corrected chi connectivity index (χ4v) is 3.29. The third-order valence-corrected chi connectivity index (χ3v) is 4.68. The molecule has 1 aromatic carbocycles. The van der Waals surface area contributed by atoms with Crippen molar-refractivity contribution in [3.63, 3.8) is 0 Å². The first-order valence-corrected chi connectivity index (χ1v) is 7.85. The Morgan fingerprint density at radius 3 is 2.90 bits per heavy atom. The van der Waals surface area contributed by atoms with Gasteiger partial charge in [0.25, 0.3) is 0 Å². The number of aryl methyl sites for hydroxylation is 1. The van der Waals surface area contributed by atoms with Crippen molar-refractivity contribution in [2.45, 2.75) is 38.6 Å². The predicted molar refractivity (Wildman–Crippen MR) is 81.9 cm³/mol. The lowest BCUT2D eigenvalue weighted by Crippen LogP contribution is -2.07. The van der Waals surface area contributed by atoms with Crippen molar-refractivity contribution in [1.29, 1.82) is 0 Å². The molecular formula is C14H18BrN5. The Morgan fingerprint density at radius 2 is 2.10 bits per heavy atom. The van der Waals surface area contributed by atoms with Crippen molar-refractivity contribution < 1.29 is 0 Å². The molecular weight excluding hydrogens is 318 g/mol. The van der Waals surface area contributed by atoms with E-state index in [1.165, 1.54) is 25.7 Å². The number of benzene rings is 1. The molecule has 0 aliphatic heterocycles. The van der Waals surface area contributed by atoms with Gasteiger partial charge in [-0.1, -0.05) is 41.6 Å². The van der Waals surface area contributed by atoms with Crippen LogP contribution in [0.4, 0.5) is 5.69 Å². The van der Waals surface area contributed by atoms with Crippen molar-refractivity contribution >= 4 is 21.6 Å². The van der Waals surface area contributed by atoms with Gasteiger partial charge in [-0.3, -0.25) is 0 Å². The van der Waals surface area contributed by atoms with Gasteiger partial charge in [-0.15, -0.1) is 5.10 Å². The van der Waals surface area contributed by atoms with E-state index in [4.69, 9.17) is 5.73 Å². The number of halogens is 1. The second kappa shape index (κ2) is 5.91. The Morgan fingerprint density at radius 1 is 1.30 bits per heavy atom. The fourth-order valence-electron chi connectivity index (χ4n) is 2.87. The highest BCUT2D eigenvalue weighted by molar-refractivity contribution is 9.10. The van der Waals surface area contributed by atoms with Crippen molar-refractivity contribution in [3.8, 4) is 11.4 Å². The van der Waals surface area contributed by atoms with Crippen molar-refractivity contribution in [2.24, 2.45) is 5.92 Å². The van der Waals surface area contributed by atoms with Crippen LogP contribution in [0.2, 0.25) is 0 Å². The number of rotatable bonds is 4. The summed E-state index contributed by atoms with van der Waals surface area (Å²) in [7, 11) is 0. The molecule has 20 heavy (non-hydrogen) atoms. The first-order chi connectivity index (χ1) is 9.74. The number of hydrogen-bond acceptors (Lipinski definition) is 4. The van der Waals surface area contributed by atoms with Gasteiger partial charge in [-0.25, -0.2) is 4.68 Å². The highest BCUT2D eigenvalue weighted by Crippen LogP contribution is 2.30. The molecule has 1 fully saturated rings. The zero-order valence-corrected chi connectivity index (χ0v) is 12.9. The summed E-state index contributed by atoms with van der Waals surface area (Å²) in [6.07, 6.45) is 6.58. The Bertz CT molecular complexity index is 589. The SMILES string of the molecule is Nc1ccc(Br)c(-c2nnnn2CCC2CCCC2)c1. The molecule has 0 radical (unpaired) electrons. The summed E-state index contributed by atoms with van der Waals surface area (Å²) in [4.78, 5) is 0. The average molecular weight is 336 g/mol. The molecule has 0 saturated heterocycles. The molecule has 6 heteroatoms. The molecule has 0 unspecified atom stereocenters. The molecule has 3 rings (SSSR count). The third kappa shape index (κ3) is 2.85. The van der Waals surface area contributed by atoms with Crippen molar-refractivity contribution in [3.05, 3.63) is 22.7 Å². The summed E-state index contributed by atoms with van der Waals surface area (Å²) in [5, 5.41) is 12.1. The van der Waals surface area contributed by atoms with E-state index >= 15 is 0 Å². The summed E-state index contributed by atoms with van der Waals surface area (Å²) < 4.78 is 2.85. The summed E-state index contributed by atoms with van der Waals surface area (Å²) in [5.41, 5.74) is 7.52. The van der Waals surface area contributed by atoms with Crippen LogP contribution in [-0.2, 0) is 6.54 Å². The number of tetrazole rings is 1. The maximum atomic E-state index is 5.86. The second-order valence-electron chi connectivity index (χ2n) is 5.40. The molecule has 2 N–H and O–H groups in total. The third-order valence-electron chi connectivity index (χ3n) is 3.99. The van der Waals surface area contributed by atoms with E-state index in [-0.39, 0.29) is 0 Å². The van der Waals surface area contributed by atoms with Crippen LogP contribution in [0, 0.1) is 5.92 Å². The zero-order valence-electron chi connectivity index (χ0n) is 11.3. The van der Waals surface area contributed by atoms with Crippen LogP contribution in [0.25, 0.3) is 11.4 Å². The molecule has 0 atom stereocenters. The Kier molecular flexibility index (Phi) is 4.00. The predicted octanol–water partition coefficient (Wildman–Crippen LogP) is 3.27. The molecule has 2 aromatic rings. The van der Waals surface area contributed by atoms with Gasteiger partial charge in [0, 0.05) is 22.3 Å². The van der Waals surface area contributed by atoms with E-state index in [0.29, 0.717) is 5.69 Å². The minimum atomic E-state index is 0.716. The topological polar surface area (TPSA) is 69.6 Å². The van der Waals surface area contributed by atoms with Crippen LogP contribution in [0.3, 0.4) is 0 Å². The number of nitrogens with two attached hydrogens (primary N) is 1. The van der Waals surface area contributed by atoms with E-state index in [1.807, 2.05) is 22.9 Å². The Balaban J connectivity index is 1.80. The lowest BCUT2D eigenvalue weighted by atomic mass is 10.0. The average Bonchev–Trinajstić information content (AvgIpc) is 3.09. The standard InChI is InChI=1S/C14H18BrN5/c15-13-6-5-11(16)9-12(13)14-17-18-19-20(14)8-7-10-3-1-2-4-10/h5-6,9-10H,1-4,7-8,16H2. The van der Waals surface area contributed by atoms with Gasteiger partial charge >= 0.3 is 0 Å². The number of hydrogen-bond donors (Lipinski definition) is 1. The lowest BCUT2D eigenvalue weighted by Gasteiger charge is -2.10. The first-order valence-electron chi connectivity index (χ1n) is 7.05. The van der Waals surface area contributed by atoms with Gasteiger partial charge < -0.3 is 5.73 Å². The molecule has 1 saturated carbocycles. The Labute approximate surface area is 126 Å². The van der Waals surface area contributed by atoms with E-state index < -0.39 is 0 Å². The van der Waals surface area contributed by atoms with Gasteiger partial charge in [0.2, 0.25) is 0 Å². The highest BCUT2D eigenvalue weighted by Gasteiger charge is 2.17. The lowest BCUT2D eigenvalue weighted by molar-refractivity contribution is 0.436.